The summed E-state index contributed by atoms with van der Waals surface area (Å²) in [5.41, 5.74) is 0. The van der Waals surface area contributed by atoms with Gasteiger partial charge < -0.3 is 14.9 Å². The zero-order chi connectivity index (χ0) is 13.9. The van der Waals surface area contributed by atoms with Gasteiger partial charge >= 0.3 is 5.97 Å². The molecule has 4 unspecified atom stereocenters. The van der Waals surface area contributed by atoms with Crippen molar-refractivity contribution in [1.82, 2.24) is 0 Å². The van der Waals surface area contributed by atoms with Gasteiger partial charge in [0, 0.05) is 12.5 Å². The van der Waals surface area contributed by atoms with Gasteiger partial charge in [-0.2, -0.15) is 0 Å². The summed E-state index contributed by atoms with van der Waals surface area (Å²) in [6.45, 7) is 8.20. The number of carboxylic acids is 1. The van der Waals surface area contributed by atoms with E-state index in [1.807, 2.05) is 0 Å². The maximum atomic E-state index is 11.4. The molecule has 4 atom stereocenters. The maximum Gasteiger partial charge on any atom is 0.364 e. The highest BCUT2D eigenvalue weighted by molar-refractivity contribution is 5.75. The van der Waals surface area contributed by atoms with Crippen LogP contribution in [-0.4, -0.2) is 28.6 Å². The molecule has 4 nitrogen and oxygen atoms in total. The van der Waals surface area contributed by atoms with Gasteiger partial charge in [-0.05, 0) is 37.5 Å². The van der Waals surface area contributed by atoms with Crippen LogP contribution in [0.5, 0.6) is 0 Å². The van der Waals surface area contributed by atoms with Crippen molar-refractivity contribution in [2.45, 2.75) is 52.7 Å². The molecule has 0 bridgehead atoms. The van der Waals surface area contributed by atoms with Crippen LogP contribution < -0.4 is 0 Å². The molecule has 0 heterocycles. The first-order valence-corrected chi connectivity index (χ1v) is 6.92. The summed E-state index contributed by atoms with van der Waals surface area (Å²) < 4.78 is 5.22. The van der Waals surface area contributed by atoms with Crippen molar-refractivity contribution in [2.24, 2.45) is 23.7 Å². The molecule has 2 N–H and O–H groups in total. The highest BCUT2D eigenvalue weighted by atomic mass is 16.6. The minimum Gasteiger partial charge on any atom is -0.477 e. The van der Waals surface area contributed by atoms with E-state index in [1.54, 1.807) is 6.92 Å². The standard InChI is InChI=1S/C14H26O4/c1-5-18-14(17,13(15)16)12-8-10(4)6-7-11(12)9(2)3/h9-12,17H,5-8H2,1-4H3,(H,15,16). The lowest BCUT2D eigenvalue weighted by Gasteiger charge is -2.43. The number of rotatable bonds is 5. The van der Waals surface area contributed by atoms with E-state index in [0.29, 0.717) is 18.3 Å². The van der Waals surface area contributed by atoms with Crippen LogP contribution in [0.15, 0.2) is 0 Å². The molecule has 0 saturated heterocycles. The van der Waals surface area contributed by atoms with Crippen LogP contribution in [-0.2, 0) is 9.53 Å². The Balaban J connectivity index is 3.00. The van der Waals surface area contributed by atoms with Gasteiger partial charge in [-0.15, -0.1) is 0 Å². The van der Waals surface area contributed by atoms with E-state index in [2.05, 4.69) is 20.8 Å². The number of hydrogen-bond acceptors (Lipinski definition) is 3. The van der Waals surface area contributed by atoms with Gasteiger partial charge in [0.25, 0.3) is 5.79 Å². The molecule has 1 saturated carbocycles. The number of carboxylic acid groups (broad SMARTS) is 1. The molecule has 0 aliphatic heterocycles. The molecule has 0 spiro atoms. The zero-order valence-corrected chi connectivity index (χ0v) is 11.8. The molecule has 4 heteroatoms. The van der Waals surface area contributed by atoms with E-state index < -0.39 is 11.8 Å². The van der Waals surface area contributed by atoms with E-state index in [-0.39, 0.29) is 18.4 Å². The second-order valence-electron chi connectivity index (χ2n) is 5.87. The molecule has 0 aromatic heterocycles. The topological polar surface area (TPSA) is 66.8 Å². The van der Waals surface area contributed by atoms with Crippen molar-refractivity contribution in [3.63, 3.8) is 0 Å². The summed E-state index contributed by atoms with van der Waals surface area (Å²) >= 11 is 0. The van der Waals surface area contributed by atoms with Gasteiger partial charge in [0.2, 0.25) is 0 Å². The summed E-state index contributed by atoms with van der Waals surface area (Å²) in [6.07, 6.45) is 2.78. The lowest BCUT2D eigenvalue weighted by Crippen LogP contribution is -2.53. The third-order valence-electron chi connectivity index (χ3n) is 4.20. The summed E-state index contributed by atoms with van der Waals surface area (Å²) in [4.78, 5) is 11.4. The molecule has 18 heavy (non-hydrogen) atoms. The Hall–Kier alpha value is -0.610. The summed E-state index contributed by atoms with van der Waals surface area (Å²) in [5, 5.41) is 19.8. The van der Waals surface area contributed by atoms with E-state index in [9.17, 15) is 15.0 Å². The Labute approximate surface area is 109 Å². The SMILES string of the molecule is CCOC(O)(C(=O)O)C1CC(C)CCC1C(C)C. The van der Waals surface area contributed by atoms with Gasteiger partial charge in [0.15, 0.2) is 0 Å². The fourth-order valence-corrected chi connectivity index (χ4v) is 3.20. The van der Waals surface area contributed by atoms with E-state index >= 15 is 0 Å². The molecule has 0 aromatic carbocycles. The van der Waals surface area contributed by atoms with Crippen molar-refractivity contribution >= 4 is 5.97 Å². The smallest absolute Gasteiger partial charge is 0.364 e. The van der Waals surface area contributed by atoms with Gasteiger partial charge in [-0.1, -0.05) is 27.2 Å². The fourth-order valence-electron chi connectivity index (χ4n) is 3.20. The van der Waals surface area contributed by atoms with Crippen molar-refractivity contribution in [2.75, 3.05) is 6.61 Å². The third-order valence-corrected chi connectivity index (χ3v) is 4.20. The Morgan fingerprint density at radius 2 is 2.06 bits per heavy atom. The van der Waals surface area contributed by atoms with Gasteiger partial charge in [-0.3, -0.25) is 0 Å². The summed E-state index contributed by atoms with van der Waals surface area (Å²) in [6, 6.07) is 0. The largest absolute Gasteiger partial charge is 0.477 e. The third kappa shape index (κ3) is 3.04. The Kier molecular flexibility index (Phi) is 5.17. The van der Waals surface area contributed by atoms with Crippen molar-refractivity contribution in [3.8, 4) is 0 Å². The second-order valence-corrected chi connectivity index (χ2v) is 5.87. The number of aliphatic hydroxyl groups is 1. The van der Waals surface area contributed by atoms with Crippen molar-refractivity contribution in [1.29, 1.82) is 0 Å². The summed E-state index contributed by atoms with van der Waals surface area (Å²) in [7, 11) is 0. The number of hydrogen-bond donors (Lipinski definition) is 2. The van der Waals surface area contributed by atoms with Crippen LogP contribution in [0.1, 0.15) is 47.0 Å². The van der Waals surface area contributed by atoms with Crippen molar-refractivity contribution < 1.29 is 19.7 Å². The monoisotopic (exact) mass is 258 g/mol. The first-order chi connectivity index (χ1) is 8.32. The van der Waals surface area contributed by atoms with Crippen LogP contribution in [0.25, 0.3) is 0 Å². The Morgan fingerprint density at radius 3 is 2.50 bits per heavy atom. The average molecular weight is 258 g/mol. The van der Waals surface area contributed by atoms with Crippen LogP contribution in [0, 0.1) is 23.7 Å². The Bertz CT molecular complexity index is 290. The highest BCUT2D eigenvalue weighted by Gasteiger charge is 2.51. The van der Waals surface area contributed by atoms with Crippen molar-refractivity contribution in [3.05, 3.63) is 0 Å². The van der Waals surface area contributed by atoms with Crippen LogP contribution in [0.3, 0.4) is 0 Å². The first-order valence-electron chi connectivity index (χ1n) is 6.92. The second kappa shape index (κ2) is 6.02. The number of carbonyl (C=O) groups is 1. The number of ether oxygens (including phenoxy) is 1. The minimum atomic E-state index is -2.03. The lowest BCUT2D eigenvalue weighted by molar-refractivity contribution is -0.257. The van der Waals surface area contributed by atoms with Gasteiger partial charge in [-0.25, -0.2) is 4.79 Å². The quantitative estimate of drug-likeness (QED) is 0.744. The zero-order valence-electron chi connectivity index (χ0n) is 11.8. The predicted octanol–water partition coefficient (Wildman–Crippen LogP) is 2.50. The molecule has 0 amide bonds. The molecule has 1 fully saturated rings. The van der Waals surface area contributed by atoms with Gasteiger partial charge in [0.1, 0.15) is 0 Å². The van der Waals surface area contributed by atoms with E-state index in [0.717, 1.165) is 12.8 Å². The summed E-state index contributed by atoms with van der Waals surface area (Å²) in [5.74, 6) is -2.61. The Morgan fingerprint density at radius 1 is 1.44 bits per heavy atom. The molecular formula is C14H26O4. The molecule has 1 rings (SSSR count). The van der Waals surface area contributed by atoms with E-state index in [1.165, 1.54) is 0 Å². The highest BCUT2D eigenvalue weighted by Crippen LogP contribution is 2.44. The molecular weight excluding hydrogens is 232 g/mol. The first kappa shape index (κ1) is 15.4. The molecule has 1 aliphatic carbocycles. The predicted molar refractivity (Wildman–Crippen MR) is 69.0 cm³/mol. The maximum absolute atomic E-state index is 11.4. The average Bonchev–Trinajstić information content (AvgIpc) is 2.28. The molecule has 0 radical (unpaired) electrons. The molecule has 0 aromatic rings. The van der Waals surface area contributed by atoms with Gasteiger partial charge in [0.05, 0.1) is 0 Å². The molecule has 1 aliphatic rings. The lowest BCUT2D eigenvalue weighted by atomic mass is 9.67. The fraction of sp³-hybridized carbons (Fsp3) is 0.929. The molecule has 106 valence electrons. The minimum absolute atomic E-state index is 0.203. The van der Waals surface area contributed by atoms with Crippen LogP contribution in [0.2, 0.25) is 0 Å². The van der Waals surface area contributed by atoms with Crippen LogP contribution >= 0.6 is 0 Å². The van der Waals surface area contributed by atoms with Crippen LogP contribution in [0.4, 0.5) is 0 Å². The van der Waals surface area contributed by atoms with E-state index in [4.69, 9.17) is 4.74 Å². The number of aliphatic carboxylic acids is 1. The normalized spacial score (nSPS) is 32.2.